The highest BCUT2D eigenvalue weighted by Gasteiger charge is 2.10. The number of benzene rings is 1. The van der Waals surface area contributed by atoms with Crippen molar-refractivity contribution in [3.05, 3.63) is 39.7 Å². The average Bonchev–Trinajstić information content (AvgIpc) is 2.80. The highest BCUT2D eigenvalue weighted by molar-refractivity contribution is 7.12. The van der Waals surface area contributed by atoms with E-state index < -0.39 is 0 Å². The molecular formula is C17H24N2S. The molecule has 0 atom stereocenters. The van der Waals surface area contributed by atoms with Crippen LogP contribution in [0.1, 0.15) is 42.1 Å². The molecule has 0 saturated carbocycles. The Morgan fingerprint density at radius 3 is 2.50 bits per heavy atom. The van der Waals surface area contributed by atoms with Crippen LogP contribution in [-0.2, 0) is 6.42 Å². The zero-order valence-electron chi connectivity index (χ0n) is 12.9. The van der Waals surface area contributed by atoms with E-state index in [1.165, 1.54) is 21.0 Å². The molecule has 0 radical (unpaired) electrons. The van der Waals surface area contributed by atoms with Crippen LogP contribution >= 0.6 is 11.3 Å². The van der Waals surface area contributed by atoms with Crippen LogP contribution < -0.4 is 5.32 Å². The van der Waals surface area contributed by atoms with E-state index in [1.54, 1.807) is 0 Å². The van der Waals surface area contributed by atoms with Gasteiger partial charge in [0.25, 0.3) is 0 Å². The Bertz CT molecular complexity index is 541. The van der Waals surface area contributed by atoms with Crippen molar-refractivity contribution in [1.82, 2.24) is 10.3 Å². The van der Waals surface area contributed by atoms with Crippen molar-refractivity contribution in [3.63, 3.8) is 0 Å². The van der Waals surface area contributed by atoms with E-state index in [-0.39, 0.29) is 0 Å². The van der Waals surface area contributed by atoms with Crippen molar-refractivity contribution in [2.75, 3.05) is 13.1 Å². The topological polar surface area (TPSA) is 24.9 Å². The lowest BCUT2D eigenvalue weighted by molar-refractivity contribution is 0.714. The number of thiazole rings is 1. The third-order valence-corrected chi connectivity index (χ3v) is 4.49. The minimum absolute atomic E-state index is 0.580. The summed E-state index contributed by atoms with van der Waals surface area (Å²) in [5.41, 5.74) is 3.77. The second kappa shape index (κ2) is 7.00. The Hall–Kier alpha value is -1.19. The van der Waals surface area contributed by atoms with Crippen LogP contribution in [0, 0.1) is 6.92 Å². The third kappa shape index (κ3) is 3.68. The normalized spacial score (nSPS) is 11.2. The van der Waals surface area contributed by atoms with Gasteiger partial charge in [0, 0.05) is 23.4 Å². The van der Waals surface area contributed by atoms with Crippen LogP contribution in [-0.4, -0.2) is 18.1 Å². The molecule has 0 bridgehead atoms. The lowest BCUT2D eigenvalue weighted by Crippen LogP contribution is -2.15. The van der Waals surface area contributed by atoms with Gasteiger partial charge in [0.15, 0.2) is 0 Å². The predicted molar refractivity (Wildman–Crippen MR) is 88.6 cm³/mol. The van der Waals surface area contributed by atoms with E-state index in [2.05, 4.69) is 57.3 Å². The van der Waals surface area contributed by atoms with Gasteiger partial charge in [-0.25, -0.2) is 4.98 Å². The minimum Gasteiger partial charge on any atom is -0.317 e. The number of aryl methyl sites for hydroxylation is 1. The number of aromatic nitrogens is 1. The first-order chi connectivity index (χ1) is 9.61. The number of nitrogens with zero attached hydrogens (tertiary/aromatic N) is 1. The summed E-state index contributed by atoms with van der Waals surface area (Å²) in [4.78, 5) is 6.12. The molecule has 0 amide bonds. The fraction of sp³-hybridized carbons (Fsp3) is 0.471. The smallest absolute Gasteiger partial charge is 0.0948 e. The van der Waals surface area contributed by atoms with Gasteiger partial charge in [0.1, 0.15) is 0 Å². The molecule has 0 spiro atoms. The van der Waals surface area contributed by atoms with Crippen LogP contribution in [0.2, 0.25) is 0 Å². The van der Waals surface area contributed by atoms with E-state index in [9.17, 15) is 0 Å². The van der Waals surface area contributed by atoms with Gasteiger partial charge in [-0.05, 0) is 24.9 Å². The molecule has 0 aliphatic carbocycles. The summed E-state index contributed by atoms with van der Waals surface area (Å²) in [7, 11) is 0. The SMILES string of the molecule is CCNCCc1nc(-c2ccc(C(C)C)cc2)c(C)s1. The van der Waals surface area contributed by atoms with Crippen molar-refractivity contribution in [1.29, 1.82) is 0 Å². The lowest BCUT2D eigenvalue weighted by Gasteiger charge is -2.06. The molecule has 0 aliphatic heterocycles. The first kappa shape index (κ1) is 15.2. The summed E-state index contributed by atoms with van der Waals surface area (Å²) in [6.07, 6.45) is 1.02. The maximum Gasteiger partial charge on any atom is 0.0948 e. The number of rotatable bonds is 6. The second-order valence-corrected chi connectivity index (χ2v) is 6.68. The Labute approximate surface area is 126 Å². The van der Waals surface area contributed by atoms with Crippen LogP contribution in [0.3, 0.4) is 0 Å². The van der Waals surface area contributed by atoms with Crippen molar-refractivity contribution in [2.45, 2.75) is 40.0 Å². The Kier molecular flexibility index (Phi) is 5.32. The molecular weight excluding hydrogens is 264 g/mol. The maximum atomic E-state index is 4.80. The molecule has 2 rings (SSSR count). The van der Waals surface area contributed by atoms with Crippen LogP contribution in [0.25, 0.3) is 11.3 Å². The molecule has 0 fully saturated rings. The molecule has 2 nitrogen and oxygen atoms in total. The highest BCUT2D eigenvalue weighted by Crippen LogP contribution is 2.28. The van der Waals surface area contributed by atoms with Crippen molar-refractivity contribution in [3.8, 4) is 11.3 Å². The first-order valence-electron chi connectivity index (χ1n) is 7.39. The molecule has 1 aromatic heterocycles. The summed E-state index contributed by atoms with van der Waals surface area (Å²) in [6.45, 7) is 10.8. The summed E-state index contributed by atoms with van der Waals surface area (Å²) in [5.74, 6) is 0.580. The fourth-order valence-corrected chi connectivity index (χ4v) is 3.18. The molecule has 2 aromatic rings. The van der Waals surface area contributed by atoms with Crippen molar-refractivity contribution < 1.29 is 0 Å². The Morgan fingerprint density at radius 2 is 1.90 bits per heavy atom. The van der Waals surface area contributed by atoms with Gasteiger partial charge in [0.05, 0.1) is 10.7 Å². The van der Waals surface area contributed by atoms with E-state index in [0.717, 1.165) is 25.2 Å². The molecule has 0 saturated heterocycles. The molecule has 1 aromatic carbocycles. The Morgan fingerprint density at radius 1 is 1.20 bits per heavy atom. The fourth-order valence-electron chi connectivity index (χ4n) is 2.22. The quantitative estimate of drug-likeness (QED) is 0.797. The largest absolute Gasteiger partial charge is 0.317 e. The maximum absolute atomic E-state index is 4.80. The highest BCUT2D eigenvalue weighted by atomic mass is 32.1. The van der Waals surface area contributed by atoms with Crippen LogP contribution in [0.15, 0.2) is 24.3 Å². The van der Waals surface area contributed by atoms with Gasteiger partial charge in [-0.1, -0.05) is 45.0 Å². The van der Waals surface area contributed by atoms with Gasteiger partial charge in [-0.3, -0.25) is 0 Å². The molecule has 1 heterocycles. The van der Waals surface area contributed by atoms with Gasteiger partial charge < -0.3 is 5.32 Å². The van der Waals surface area contributed by atoms with E-state index in [4.69, 9.17) is 4.98 Å². The number of hydrogen-bond acceptors (Lipinski definition) is 3. The number of likely N-dealkylation sites (N-methyl/N-ethyl adjacent to an activating group) is 1. The average molecular weight is 288 g/mol. The molecule has 0 unspecified atom stereocenters. The van der Waals surface area contributed by atoms with Gasteiger partial charge in [0.2, 0.25) is 0 Å². The van der Waals surface area contributed by atoms with Crippen LogP contribution in [0.5, 0.6) is 0 Å². The molecule has 1 N–H and O–H groups in total. The molecule has 3 heteroatoms. The van der Waals surface area contributed by atoms with E-state index in [0.29, 0.717) is 5.92 Å². The van der Waals surface area contributed by atoms with E-state index in [1.807, 2.05) is 11.3 Å². The first-order valence-corrected chi connectivity index (χ1v) is 8.20. The third-order valence-electron chi connectivity index (χ3n) is 3.46. The summed E-state index contributed by atoms with van der Waals surface area (Å²) in [6, 6.07) is 8.84. The van der Waals surface area contributed by atoms with Crippen molar-refractivity contribution in [2.24, 2.45) is 0 Å². The van der Waals surface area contributed by atoms with Gasteiger partial charge in [-0.15, -0.1) is 11.3 Å². The Balaban J connectivity index is 2.15. The standard InChI is InChI=1S/C17H24N2S/c1-5-18-11-10-16-19-17(13(4)20-16)15-8-6-14(7-9-15)12(2)3/h6-9,12,18H,5,10-11H2,1-4H3. The zero-order chi connectivity index (χ0) is 14.5. The summed E-state index contributed by atoms with van der Waals surface area (Å²) < 4.78 is 0. The van der Waals surface area contributed by atoms with Gasteiger partial charge >= 0.3 is 0 Å². The zero-order valence-corrected chi connectivity index (χ0v) is 13.7. The monoisotopic (exact) mass is 288 g/mol. The number of nitrogens with one attached hydrogen (secondary N) is 1. The summed E-state index contributed by atoms with van der Waals surface area (Å²) in [5, 5.41) is 4.58. The van der Waals surface area contributed by atoms with Gasteiger partial charge in [-0.2, -0.15) is 0 Å². The van der Waals surface area contributed by atoms with E-state index >= 15 is 0 Å². The minimum atomic E-state index is 0.580. The predicted octanol–water partition coefficient (Wildman–Crippen LogP) is 4.39. The molecule has 20 heavy (non-hydrogen) atoms. The lowest BCUT2D eigenvalue weighted by atomic mass is 10.0. The number of hydrogen-bond donors (Lipinski definition) is 1. The molecule has 0 aliphatic rings. The van der Waals surface area contributed by atoms with Crippen molar-refractivity contribution >= 4 is 11.3 Å². The van der Waals surface area contributed by atoms with Crippen LogP contribution in [0.4, 0.5) is 0 Å². The molecule has 108 valence electrons. The summed E-state index contributed by atoms with van der Waals surface area (Å²) >= 11 is 1.82. The second-order valence-electron chi connectivity index (χ2n) is 5.39.